The first-order valence-electron chi connectivity index (χ1n) is 4.75. The number of aromatic hydroxyl groups is 1. The van der Waals surface area contributed by atoms with Crippen molar-refractivity contribution in [3.8, 4) is 5.75 Å². The largest absolute Gasteiger partial charge is 0.507 e. The van der Waals surface area contributed by atoms with Crippen LogP contribution in [0.2, 0.25) is 0 Å². The Labute approximate surface area is 92.7 Å². The van der Waals surface area contributed by atoms with Crippen LogP contribution in [0.5, 0.6) is 5.75 Å². The number of hydrogen-bond donors (Lipinski definition) is 3. The topological polar surface area (TPSA) is 86.6 Å². The molecule has 0 heterocycles. The van der Waals surface area contributed by atoms with Gasteiger partial charge in [-0.05, 0) is 31.2 Å². The van der Waals surface area contributed by atoms with Crippen LogP contribution in [0.25, 0.3) is 0 Å². The molecule has 1 unspecified atom stereocenters. The monoisotopic (exact) mass is 223 g/mol. The molecule has 3 N–H and O–H groups in total. The second-order valence-electron chi connectivity index (χ2n) is 3.39. The van der Waals surface area contributed by atoms with Gasteiger partial charge in [0.25, 0.3) is 0 Å². The molecule has 0 fully saturated rings. The number of aldehydes is 1. The normalized spacial score (nSPS) is 12.1. The van der Waals surface area contributed by atoms with Crippen LogP contribution < -0.4 is 5.32 Å². The van der Waals surface area contributed by atoms with Crippen molar-refractivity contribution in [2.75, 3.05) is 7.05 Å². The molecule has 5 nitrogen and oxygen atoms in total. The predicted molar refractivity (Wildman–Crippen MR) is 57.7 cm³/mol. The molecule has 0 bridgehead atoms. The summed E-state index contributed by atoms with van der Waals surface area (Å²) in [6.45, 7) is 0. The highest BCUT2D eigenvalue weighted by Gasteiger charge is 2.15. The van der Waals surface area contributed by atoms with E-state index < -0.39 is 12.0 Å². The van der Waals surface area contributed by atoms with Crippen molar-refractivity contribution >= 4 is 12.3 Å². The van der Waals surface area contributed by atoms with E-state index in [4.69, 9.17) is 5.11 Å². The summed E-state index contributed by atoms with van der Waals surface area (Å²) in [6, 6.07) is 3.75. The molecule has 1 atom stereocenters. The summed E-state index contributed by atoms with van der Waals surface area (Å²) < 4.78 is 0. The SMILES string of the molecule is CNC(Cc1ccc(O)c(C=O)c1)C(=O)O. The van der Waals surface area contributed by atoms with Gasteiger partial charge in [-0.1, -0.05) is 6.07 Å². The summed E-state index contributed by atoms with van der Waals surface area (Å²) in [5.41, 5.74) is 0.847. The Balaban J connectivity index is 2.89. The zero-order valence-electron chi connectivity index (χ0n) is 8.80. The number of phenolic OH excluding ortho intramolecular Hbond substituents is 1. The summed E-state index contributed by atoms with van der Waals surface area (Å²) >= 11 is 0. The molecule has 1 aromatic carbocycles. The van der Waals surface area contributed by atoms with Crippen molar-refractivity contribution in [3.63, 3.8) is 0 Å². The summed E-state index contributed by atoms with van der Waals surface area (Å²) in [7, 11) is 1.56. The maximum atomic E-state index is 10.8. The number of carboxylic acids is 1. The van der Waals surface area contributed by atoms with E-state index in [0.717, 1.165) is 0 Å². The third-order valence-corrected chi connectivity index (χ3v) is 2.31. The molecule has 1 rings (SSSR count). The first-order chi connectivity index (χ1) is 7.58. The van der Waals surface area contributed by atoms with Crippen LogP contribution in [0.3, 0.4) is 0 Å². The van der Waals surface area contributed by atoms with Gasteiger partial charge in [0.05, 0.1) is 5.56 Å². The lowest BCUT2D eigenvalue weighted by molar-refractivity contribution is -0.139. The second kappa shape index (κ2) is 5.27. The van der Waals surface area contributed by atoms with E-state index in [-0.39, 0.29) is 17.7 Å². The fraction of sp³-hybridized carbons (Fsp3) is 0.273. The molecule has 1 aromatic rings. The number of nitrogens with one attached hydrogen (secondary N) is 1. The van der Waals surface area contributed by atoms with Crippen LogP contribution in [0.4, 0.5) is 0 Å². The first kappa shape index (κ1) is 12.2. The zero-order chi connectivity index (χ0) is 12.1. The lowest BCUT2D eigenvalue weighted by Crippen LogP contribution is -2.35. The number of carboxylic acid groups (broad SMARTS) is 1. The quantitative estimate of drug-likeness (QED) is 0.630. The number of phenols is 1. The molecule has 0 radical (unpaired) electrons. The van der Waals surface area contributed by atoms with Crippen LogP contribution >= 0.6 is 0 Å². The molecular weight excluding hydrogens is 210 g/mol. The van der Waals surface area contributed by atoms with E-state index in [2.05, 4.69) is 5.32 Å². The molecule has 0 saturated carbocycles. The summed E-state index contributed by atoms with van der Waals surface area (Å²) in [5.74, 6) is -1.06. The molecule has 16 heavy (non-hydrogen) atoms. The molecule has 5 heteroatoms. The van der Waals surface area contributed by atoms with Crippen molar-refractivity contribution in [2.24, 2.45) is 0 Å². The van der Waals surface area contributed by atoms with E-state index in [0.29, 0.717) is 11.8 Å². The molecule has 0 aliphatic carbocycles. The Morgan fingerprint density at radius 1 is 1.56 bits per heavy atom. The smallest absolute Gasteiger partial charge is 0.321 e. The lowest BCUT2D eigenvalue weighted by atomic mass is 10.0. The number of benzene rings is 1. The second-order valence-corrected chi connectivity index (χ2v) is 3.39. The van der Waals surface area contributed by atoms with Gasteiger partial charge in [0.2, 0.25) is 0 Å². The highest BCUT2D eigenvalue weighted by molar-refractivity contribution is 5.79. The third kappa shape index (κ3) is 2.80. The number of carbonyl (C=O) groups excluding carboxylic acids is 1. The van der Waals surface area contributed by atoms with Gasteiger partial charge >= 0.3 is 5.97 Å². The average molecular weight is 223 g/mol. The van der Waals surface area contributed by atoms with E-state index in [1.807, 2.05) is 0 Å². The number of likely N-dealkylation sites (N-methyl/N-ethyl adjacent to an activating group) is 1. The molecule has 0 aliphatic heterocycles. The maximum absolute atomic E-state index is 10.8. The first-order valence-corrected chi connectivity index (χ1v) is 4.75. The van der Waals surface area contributed by atoms with Crippen LogP contribution in [0.15, 0.2) is 18.2 Å². The van der Waals surface area contributed by atoms with Crippen molar-refractivity contribution in [2.45, 2.75) is 12.5 Å². The molecule has 0 saturated heterocycles. The van der Waals surface area contributed by atoms with E-state index in [1.54, 1.807) is 13.1 Å². The zero-order valence-corrected chi connectivity index (χ0v) is 8.80. The van der Waals surface area contributed by atoms with Gasteiger partial charge < -0.3 is 15.5 Å². The van der Waals surface area contributed by atoms with E-state index >= 15 is 0 Å². The van der Waals surface area contributed by atoms with E-state index in [9.17, 15) is 14.7 Å². The Morgan fingerprint density at radius 3 is 2.75 bits per heavy atom. The Hall–Kier alpha value is -1.88. The highest BCUT2D eigenvalue weighted by atomic mass is 16.4. The Kier molecular flexibility index (Phi) is 4.02. The number of rotatable bonds is 5. The van der Waals surface area contributed by atoms with Crippen molar-refractivity contribution in [3.05, 3.63) is 29.3 Å². The van der Waals surface area contributed by atoms with Gasteiger partial charge in [-0.25, -0.2) is 0 Å². The highest BCUT2D eigenvalue weighted by Crippen LogP contribution is 2.17. The lowest BCUT2D eigenvalue weighted by Gasteiger charge is -2.11. The molecule has 0 aromatic heterocycles. The molecular formula is C11H13NO4. The van der Waals surface area contributed by atoms with Crippen LogP contribution in [-0.4, -0.2) is 35.6 Å². The van der Waals surface area contributed by atoms with Crippen LogP contribution in [-0.2, 0) is 11.2 Å². The third-order valence-electron chi connectivity index (χ3n) is 2.31. The average Bonchev–Trinajstić information content (AvgIpc) is 2.27. The van der Waals surface area contributed by atoms with Gasteiger partial charge in [0.15, 0.2) is 6.29 Å². The van der Waals surface area contributed by atoms with Gasteiger partial charge in [-0.2, -0.15) is 0 Å². The minimum atomic E-state index is -0.955. The number of carbonyl (C=O) groups is 2. The fourth-order valence-corrected chi connectivity index (χ4v) is 1.37. The minimum absolute atomic E-state index is 0.102. The molecule has 86 valence electrons. The molecule has 0 aliphatic rings. The maximum Gasteiger partial charge on any atom is 0.321 e. The molecule has 0 amide bonds. The fourth-order valence-electron chi connectivity index (χ4n) is 1.37. The Bertz CT molecular complexity index is 403. The summed E-state index contributed by atoms with van der Waals surface area (Å²) in [5, 5.41) is 20.8. The van der Waals surface area contributed by atoms with Crippen molar-refractivity contribution < 1.29 is 19.8 Å². The molecule has 0 spiro atoms. The van der Waals surface area contributed by atoms with Crippen molar-refractivity contribution in [1.29, 1.82) is 0 Å². The summed E-state index contributed by atoms with van der Waals surface area (Å²) in [4.78, 5) is 21.4. The predicted octanol–water partition coefficient (Wildman–Crippen LogP) is 0.420. The Morgan fingerprint density at radius 2 is 2.25 bits per heavy atom. The summed E-state index contributed by atoms with van der Waals surface area (Å²) in [6.07, 6.45) is 0.793. The minimum Gasteiger partial charge on any atom is -0.507 e. The van der Waals surface area contributed by atoms with Gasteiger partial charge in [-0.15, -0.1) is 0 Å². The van der Waals surface area contributed by atoms with Crippen LogP contribution in [0.1, 0.15) is 15.9 Å². The van der Waals surface area contributed by atoms with Crippen molar-refractivity contribution in [1.82, 2.24) is 5.32 Å². The van der Waals surface area contributed by atoms with Gasteiger partial charge in [0.1, 0.15) is 11.8 Å². The number of aliphatic carboxylic acids is 1. The number of hydrogen-bond acceptors (Lipinski definition) is 4. The standard InChI is InChI=1S/C11H13NO4/c1-12-9(11(15)16)5-7-2-3-10(14)8(4-7)6-13/h2-4,6,9,12,14H,5H2,1H3,(H,15,16). The van der Waals surface area contributed by atoms with Gasteiger partial charge in [0, 0.05) is 0 Å². The van der Waals surface area contributed by atoms with Crippen LogP contribution in [0, 0.1) is 0 Å². The van der Waals surface area contributed by atoms with E-state index in [1.165, 1.54) is 12.1 Å². The van der Waals surface area contributed by atoms with Gasteiger partial charge in [-0.3, -0.25) is 9.59 Å².